The van der Waals surface area contributed by atoms with Gasteiger partial charge in [0.1, 0.15) is 5.75 Å². The molecule has 0 fully saturated rings. The molecule has 0 aliphatic carbocycles. The lowest BCUT2D eigenvalue weighted by Gasteiger charge is -2.30. The Hall–Kier alpha value is -2.84. The Morgan fingerprint density at radius 1 is 1.13 bits per heavy atom. The highest BCUT2D eigenvalue weighted by Crippen LogP contribution is 2.36. The summed E-state index contributed by atoms with van der Waals surface area (Å²) in [7, 11) is 0. The quantitative estimate of drug-likeness (QED) is 0.547. The van der Waals surface area contributed by atoms with Crippen LogP contribution < -0.4 is 9.64 Å². The van der Waals surface area contributed by atoms with E-state index < -0.39 is 0 Å². The molecule has 1 aliphatic heterocycles. The Morgan fingerprint density at radius 2 is 1.90 bits per heavy atom. The highest BCUT2D eigenvalue weighted by Gasteiger charge is 2.26. The van der Waals surface area contributed by atoms with E-state index in [0.717, 1.165) is 55.0 Å². The van der Waals surface area contributed by atoms with Gasteiger partial charge in [-0.25, -0.2) is 0 Å². The van der Waals surface area contributed by atoms with E-state index in [1.54, 1.807) is 17.0 Å². The van der Waals surface area contributed by atoms with Crippen molar-refractivity contribution in [1.82, 2.24) is 4.90 Å². The van der Waals surface area contributed by atoms with Gasteiger partial charge < -0.3 is 9.64 Å². The summed E-state index contributed by atoms with van der Waals surface area (Å²) in [5.41, 5.74) is 3.39. The smallest absolute Gasteiger partial charge is 0.231 e. The summed E-state index contributed by atoms with van der Waals surface area (Å²) in [6.07, 6.45) is 3.34. The molecule has 0 saturated carbocycles. The van der Waals surface area contributed by atoms with Crippen molar-refractivity contribution >= 4 is 17.3 Å². The molecule has 1 amide bonds. The van der Waals surface area contributed by atoms with Gasteiger partial charge in [-0.15, -0.1) is 0 Å². The number of carbonyl (C=O) groups excluding carboxylic acids is 1. The van der Waals surface area contributed by atoms with Crippen LogP contribution in [0, 0.1) is 11.3 Å². The molecule has 0 bridgehead atoms. The second kappa shape index (κ2) is 10.3. The van der Waals surface area contributed by atoms with E-state index in [1.165, 1.54) is 0 Å². The maximum atomic E-state index is 12.6. The Morgan fingerprint density at radius 3 is 2.57 bits per heavy atom. The Bertz CT molecular complexity index is 900. The third kappa shape index (κ3) is 5.20. The average Bonchev–Trinajstić information content (AvgIpc) is 2.76. The first kappa shape index (κ1) is 21.9. The number of amides is 1. The number of nitriles is 1. The van der Waals surface area contributed by atoms with Crippen molar-refractivity contribution in [3.63, 3.8) is 0 Å². The largest absolute Gasteiger partial charge is 0.494 e. The van der Waals surface area contributed by atoms with Crippen LogP contribution in [-0.4, -0.2) is 36.5 Å². The highest BCUT2D eigenvalue weighted by molar-refractivity contribution is 6.03. The van der Waals surface area contributed by atoms with Crippen LogP contribution in [0.15, 0.2) is 42.5 Å². The molecule has 0 atom stereocenters. The fraction of sp³-hybridized carbons (Fsp3) is 0.440. The standard InChI is InChI=1S/C25H31N3O2/c1-4-14-27(19(2)3)15-5-16-30-23-11-12-24-21(17-23)8-13-25(29)28(24)22-9-6-20(18-26)7-10-22/h6-7,9-12,17,19H,4-5,8,13-16H2,1-3H3. The van der Waals surface area contributed by atoms with E-state index in [1.807, 2.05) is 24.3 Å². The van der Waals surface area contributed by atoms with Crippen LogP contribution in [0.1, 0.15) is 51.2 Å². The lowest BCUT2D eigenvalue weighted by atomic mass is 10.00. The molecule has 2 aromatic carbocycles. The second-order valence-electron chi connectivity index (χ2n) is 8.01. The first-order valence-electron chi connectivity index (χ1n) is 10.9. The fourth-order valence-corrected chi connectivity index (χ4v) is 3.90. The first-order chi connectivity index (χ1) is 14.5. The minimum atomic E-state index is 0.0746. The van der Waals surface area contributed by atoms with Crippen molar-refractivity contribution in [3.8, 4) is 11.8 Å². The summed E-state index contributed by atoms with van der Waals surface area (Å²) < 4.78 is 6.01. The maximum Gasteiger partial charge on any atom is 0.231 e. The number of benzene rings is 2. The van der Waals surface area contributed by atoms with E-state index in [4.69, 9.17) is 10.00 Å². The third-order valence-electron chi connectivity index (χ3n) is 5.50. The van der Waals surface area contributed by atoms with Crippen molar-refractivity contribution in [1.29, 1.82) is 5.26 Å². The summed E-state index contributed by atoms with van der Waals surface area (Å²) >= 11 is 0. The zero-order chi connectivity index (χ0) is 21.5. The molecule has 1 heterocycles. The lowest BCUT2D eigenvalue weighted by Crippen LogP contribution is -2.33. The summed E-state index contributed by atoms with van der Waals surface area (Å²) in [5.74, 6) is 0.931. The SMILES string of the molecule is CCCN(CCCOc1ccc2c(c1)CCC(=O)N2c1ccc(C#N)cc1)C(C)C. The minimum Gasteiger partial charge on any atom is -0.494 e. The number of anilines is 2. The predicted octanol–water partition coefficient (Wildman–Crippen LogP) is 5.06. The van der Waals surface area contributed by atoms with Gasteiger partial charge in [-0.1, -0.05) is 6.92 Å². The van der Waals surface area contributed by atoms with E-state index >= 15 is 0 Å². The number of nitrogens with zero attached hydrogens (tertiary/aromatic N) is 3. The second-order valence-corrected chi connectivity index (χ2v) is 8.01. The Kier molecular flexibility index (Phi) is 7.48. The number of hydrogen-bond donors (Lipinski definition) is 0. The summed E-state index contributed by atoms with van der Waals surface area (Å²) in [5, 5.41) is 9.00. The molecule has 0 spiro atoms. The number of carbonyl (C=O) groups is 1. The van der Waals surface area contributed by atoms with Crippen LogP contribution >= 0.6 is 0 Å². The predicted molar refractivity (Wildman–Crippen MR) is 120 cm³/mol. The molecule has 0 unspecified atom stereocenters. The van der Waals surface area contributed by atoms with Crippen LogP contribution in [0.2, 0.25) is 0 Å². The molecule has 0 radical (unpaired) electrons. The van der Waals surface area contributed by atoms with Gasteiger partial charge in [-0.2, -0.15) is 5.26 Å². The minimum absolute atomic E-state index is 0.0746. The Balaban J connectivity index is 1.66. The monoisotopic (exact) mass is 405 g/mol. The van der Waals surface area contributed by atoms with Crippen LogP contribution in [0.4, 0.5) is 11.4 Å². The topological polar surface area (TPSA) is 56.6 Å². The van der Waals surface area contributed by atoms with Gasteiger partial charge in [0.25, 0.3) is 0 Å². The van der Waals surface area contributed by atoms with Crippen LogP contribution in [-0.2, 0) is 11.2 Å². The number of fused-ring (bicyclic) bond motifs is 1. The van der Waals surface area contributed by atoms with Gasteiger partial charge in [0.05, 0.1) is 23.9 Å². The van der Waals surface area contributed by atoms with Gasteiger partial charge in [-0.3, -0.25) is 9.69 Å². The number of ether oxygens (including phenoxy) is 1. The molecule has 0 aromatic heterocycles. The summed E-state index contributed by atoms with van der Waals surface area (Å²) in [4.78, 5) is 16.8. The van der Waals surface area contributed by atoms with E-state index in [9.17, 15) is 4.79 Å². The van der Waals surface area contributed by atoms with Crippen molar-refractivity contribution in [3.05, 3.63) is 53.6 Å². The molecule has 5 nitrogen and oxygen atoms in total. The van der Waals surface area contributed by atoms with Crippen molar-refractivity contribution in [2.24, 2.45) is 0 Å². The molecule has 30 heavy (non-hydrogen) atoms. The number of rotatable bonds is 9. The highest BCUT2D eigenvalue weighted by atomic mass is 16.5. The van der Waals surface area contributed by atoms with E-state index in [-0.39, 0.29) is 5.91 Å². The molecule has 0 saturated heterocycles. The van der Waals surface area contributed by atoms with Gasteiger partial charge in [0.2, 0.25) is 5.91 Å². The van der Waals surface area contributed by atoms with Crippen LogP contribution in [0.3, 0.4) is 0 Å². The fourth-order valence-electron chi connectivity index (χ4n) is 3.90. The molecule has 2 aromatic rings. The van der Waals surface area contributed by atoms with Crippen LogP contribution in [0.5, 0.6) is 5.75 Å². The maximum absolute atomic E-state index is 12.6. The average molecular weight is 406 g/mol. The molecule has 0 N–H and O–H groups in total. The lowest BCUT2D eigenvalue weighted by molar-refractivity contribution is -0.118. The van der Waals surface area contributed by atoms with Gasteiger partial charge in [0, 0.05) is 24.7 Å². The van der Waals surface area contributed by atoms with Crippen molar-refractivity contribution in [2.45, 2.75) is 52.5 Å². The number of hydrogen-bond acceptors (Lipinski definition) is 4. The summed E-state index contributed by atoms with van der Waals surface area (Å²) in [6.45, 7) is 9.53. The van der Waals surface area contributed by atoms with Gasteiger partial charge in [-0.05, 0) is 87.7 Å². The van der Waals surface area contributed by atoms with E-state index in [0.29, 0.717) is 24.6 Å². The Labute approximate surface area is 179 Å². The zero-order valence-electron chi connectivity index (χ0n) is 18.2. The van der Waals surface area contributed by atoms with Gasteiger partial charge in [0.15, 0.2) is 0 Å². The molecular weight excluding hydrogens is 374 g/mol. The molecule has 3 rings (SSSR count). The molecular formula is C25H31N3O2. The van der Waals surface area contributed by atoms with Crippen molar-refractivity contribution in [2.75, 3.05) is 24.6 Å². The summed E-state index contributed by atoms with van der Waals surface area (Å²) in [6, 6.07) is 15.8. The normalized spacial score (nSPS) is 13.5. The zero-order valence-corrected chi connectivity index (χ0v) is 18.2. The third-order valence-corrected chi connectivity index (χ3v) is 5.50. The van der Waals surface area contributed by atoms with Gasteiger partial charge >= 0.3 is 0 Å². The molecule has 1 aliphatic rings. The van der Waals surface area contributed by atoms with E-state index in [2.05, 4.69) is 37.8 Å². The van der Waals surface area contributed by atoms with Crippen molar-refractivity contribution < 1.29 is 9.53 Å². The molecule has 158 valence electrons. The first-order valence-corrected chi connectivity index (χ1v) is 10.9. The number of aryl methyl sites for hydroxylation is 1. The van der Waals surface area contributed by atoms with Crippen LogP contribution in [0.25, 0.3) is 0 Å². The molecule has 5 heteroatoms.